The van der Waals surface area contributed by atoms with Crippen LogP contribution < -0.4 is 0 Å². The topological polar surface area (TPSA) is 60.4 Å². The summed E-state index contributed by atoms with van der Waals surface area (Å²) < 4.78 is 29.1. The molecule has 0 aliphatic rings. The number of halogens is 2. The first-order valence-electron chi connectivity index (χ1n) is 5.52. The van der Waals surface area contributed by atoms with Crippen LogP contribution >= 0.6 is 11.3 Å². The quantitative estimate of drug-likeness (QED) is 0.439. The molecule has 1 aromatic heterocycles. The van der Waals surface area contributed by atoms with Crippen LogP contribution in [0.4, 0.5) is 8.78 Å². The maximum Gasteiger partial charge on any atom is 0.317 e. The molecule has 0 spiro atoms. The SMILES string of the molecule is CCOC(=O)C(CC(=O)C(F)F)C(=O)c1cccs1. The average molecular weight is 290 g/mol. The molecule has 19 heavy (non-hydrogen) atoms. The van der Waals surface area contributed by atoms with Crippen LogP contribution in [0, 0.1) is 5.92 Å². The van der Waals surface area contributed by atoms with Gasteiger partial charge in [0.15, 0.2) is 11.6 Å². The fraction of sp³-hybridized carbons (Fsp3) is 0.417. The zero-order chi connectivity index (χ0) is 14.4. The summed E-state index contributed by atoms with van der Waals surface area (Å²) in [6, 6.07) is 3.06. The van der Waals surface area contributed by atoms with Crippen LogP contribution in [0.1, 0.15) is 23.0 Å². The number of hydrogen-bond acceptors (Lipinski definition) is 5. The van der Waals surface area contributed by atoms with Gasteiger partial charge in [-0.1, -0.05) is 6.07 Å². The zero-order valence-electron chi connectivity index (χ0n) is 10.1. The Balaban J connectivity index is 2.89. The van der Waals surface area contributed by atoms with Crippen molar-refractivity contribution in [2.75, 3.05) is 6.61 Å². The third-order valence-corrected chi connectivity index (χ3v) is 3.18. The second-order valence-corrected chi connectivity index (χ2v) is 4.57. The van der Waals surface area contributed by atoms with E-state index in [1.165, 1.54) is 13.0 Å². The smallest absolute Gasteiger partial charge is 0.317 e. The Morgan fingerprint density at radius 2 is 2.05 bits per heavy atom. The van der Waals surface area contributed by atoms with Gasteiger partial charge < -0.3 is 4.74 Å². The molecule has 7 heteroatoms. The minimum absolute atomic E-state index is 0.00984. The van der Waals surface area contributed by atoms with Gasteiger partial charge in [0.25, 0.3) is 6.43 Å². The summed E-state index contributed by atoms with van der Waals surface area (Å²) in [4.78, 5) is 34.9. The summed E-state index contributed by atoms with van der Waals surface area (Å²) in [6.07, 6.45) is -4.04. The predicted molar refractivity (Wildman–Crippen MR) is 64.4 cm³/mol. The fourth-order valence-corrected chi connectivity index (χ4v) is 2.13. The van der Waals surface area contributed by atoms with E-state index >= 15 is 0 Å². The minimum Gasteiger partial charge on any atom is -0.465 e. The summed E-state index contributed by atoms with van der Waals surface area (Å²) in [6.45, 7) is 1.54. The molecule has 0 saturated carbocycles. The van der Waals surface area contributed by atoms with Crippen LogP contribution in [0.25, 0.3) is 0 Å². The van der Waals surface area contributed by atoms with Crippen LogP contribution in [-0.2, 0) is 14.3 Å². The molecule has 4 nitrogen and oxygen atoms in total. The zero-order valence-corrected chi connectivity index (χ0v) is 10.9. The highest BCUT2D eigenvalue weighted by Gasteiger charge is 2.34. The molecule has 0 amide bonds. The van der Waals surface area contributed by atoms with E-state index in [0.29, 0.717) is 0 Å². The highest BCUT2D eigenvalue weighted by molar-refractivity contribution is 7.12. The lowest BCUT2D eigenvalue weighted by molar-refractivity contribution is -0.148. The van der Waals surface area contributed by atoms with Crippen molar-refractivity contribution in [1.82, 2.24) is 0 Å². The van der Waals surface area contributed by atoms with Crippen molar-refractivity contribution in [3.8, 4) is 0 Å². The number of alkyl halides is 2. The Morgan fingerprint density at radius 3 is 2.53 bits per heavy atom. The molecule has 1 atom stereocenters. The number of Topliss-reactive ketones (excluding diaryl/α,β-unsaturated/α-hetero) is 2. The Bertz CT molecular complexity index is 456. The van der Waals surface area contributed by atoms with Crippen molar-refractivity contribution in [3.05, 3.63) is 22.4 Å². The first-order chi connectivity index (χ1) is 8.97. The number of ketones is 2. The fourth-order valence-electron chi connectivity index (χ4n) is 1.41. The van der Waals surface area contributed by atoms with Crippen molar-refractivity contribution in [2.24, 2.45) is 5.92 Å². The molecular weight excluding hydrogens is 278 g/mol. The molecule has 0 bridgehead atoms. The number of thiophene rings is 1. The van der Waals surface area contributed by atoms with Crippen molar-refractivity contribution < 1.29 is 27.9 Å². The van der Waals surface area contributed by atoms with Gasteiger partial charge in [-0.15, -0.1) is 11.3 Å². The van der Waals surface area contributed by atoms with E-state index in [0.717, 1.165) is 11.3 Å². The molecule has 0 saturated heterocycles. The standard InChI is InChI=1S/C12H12F2O4S/c1-2-18-12(17)7(6-8(15)11(13)14)10(16)9-4-3-5-19-9/h3-5,7,11H,2,6H2,1H3. The first-order valence-corrected chi connectivity index (χ1v) is 6.40. The molecule has 1 rings (SSSR count). The lowest BCUT2D eigenvalue weighted by atomic mass is 9.96. The molecular formula is C12H12F2O4S. The number of hydrogen-bond donors (Lipinski definition) is 0. The Kier molecular flexibility index (Phi) is 5.75. The summed E-state index contributed by atoms with van der Waals surface area (Å²) in [7, 11) is 0. The first kappa shape index (κ1) is 15.4. The highest BCUT2D eigenvalue weighted by atomic mass is 32.1. The van der Waals surface area contributed by atoms with Gasteiger partial charge in [-0.25, -0.2) is 8.78 Å². The monoisotopic (exact) mass is 290 g/mol. The number of ether oxygens (including phenoxy) is 1. The van der Waals surface area contributed by atoms with Gasteiger partial charge in [0.2, 0.25) is 0 Å². The molecule has 1 heterocycles. The maximum absolute atomic E-state index is 12.2. The molecule has 104 valence electrons. The van der Waals surface area contributed by atoms with E-state index in [4.69, 9.17) is 0 Å². The van der Waals surface area contributed by atoms with E-state index in [2.05, 4.69) is 4.74 Å². The highest BCUT2D eigenvalue weighted by Crippen LogP contribution is 2.20. The Labute approximate surface area is 112 Å². The van der Waals surface area contributed by atoms with E-state index < -0.39 is 36.3 Å². The molecule has 0 fully saturated rings. The molecule has 0 aromatic carbocycles. The van der Waals surface area contributed by atoms with Gasteiger partial charge in [-0.3, -0.25) is 14.4 Å². The molecule has 0 N–H and O–H groups in total. The van der Waals surface area contributed by atoms with Crippen LogP contribution in [0.5, 0.6) is 0 Å². The summed E-state index contributed by atoms with van der Waals surface area (Å²) >= 11 is 1.07. The maximum atomic E-state index is 12.2. The molecule has 0 aliphatic heterocycles. The van der Waals surface area contributed by atoms with E-state index in [-0.39, 0.29) is 11.5 Å². The van der Waals surface area contributed by atoms with Crippen LogP contribution in [0.3, 0.4) is 0 Å². The van der Waals surface area contributed by atoms with Crippen molar-refractivity contribution in [2.45, 2.75) is 19.8 Å². The van der Waals surface area contributed by atoms with Gasteiger partial charge in [0.1, 0.15) is 5.92 Å². The average Bonchev–Trinajstić information content (AvgIpc) is 2.88. The third-order valence-electron chi connectivity index (χ3n) is 2.30. The normalized spacial score (nSPS) is 12.2. The van der Waals surface area contributed by atoms with Crippen LogP contribution in [0.15, 0.2) is 17.5 Å². The lowest BCUT2D eigenvalue weighted by Gasteiger charge is -2.12. The van der Waals surface area contributed by atoms with Crippen molar-refractivity contribution in [1.29, 1.82) is 0 Å². The molecule has 0 radical (unpaired) electrons. The molecule has 1 unspecified atom stereocenters. The number of esters is 1. The van der Waals surface area contributed by atoms with Gasteiger partial charge in [-0.05, 0) is 18.4 Å². The second-order valence-electron chi connectivity index (χ2n) is 3.62. The Hall–Kier alpha value is -1.63. The lowest BCUT2D eigenvalue weighted by Crippen LogP contribution is -2.30. The summed E-state index contributed by atoms with van der Waals surface area (Å²) in [5.74, 6) is -4.56. The Morgan fingerprint density at radius 1 is 1.37 bits per heavy atom. The van der Waals surface area contributed by atoms with E-state index in [9.17, 15) is 23.2 Å². The predicted octanol–water partition coefficient (Wildman–Crippen LogP) is 2.33. The van der Waals surface area contributed by atoms with Crippen LogP contribution in [-0.4, -0.2) is 30.6 Å². The summed E-state index contributed by atoms with van der Waals surface area (Å²) in [5, 5.41) is 1.62. The number of carbonyl (C=O) groups is 3. The van der Waals surface area contributed by atoms with Crippen molar-refractivity contribution >= 4 is 28.9 Å². The number of rotatable bonds is 7. The van der Waals surface area contributed by atoms with Gasteiger partial charge in [0, 0.05) is 6.42 Å². The second kappa shape index (κ2) is 7.08. The van der Waals surface area contributed by atoms with Gasteiger partial charge in [-0.2, -0.15) is 0 Å². The minimum atomic E-state index is -3.20. The van der Waals surface area contributed by atoms with Gasteiger partial charge in [0.05, 0.1) is 11.5 Å². The summed E-state index contributed by atoms with van der Waals surface area (Å²) in [5.41, 5.74) is 0. The largest absolute Gasteiger partial charge is 0.465 e. The third kappa shape index (κ3) is 4.20. The number of carbonyl (C=O) groups excluding carboxylic acids is 3. The molecule has 1 aromatic rings. The van der Waals surface area contributed by atoms with Gasteiger partial charge >= 0.3 is 5.97 Å². The molecule has 0 aliphatic carbocycles. The van der Waals surface area contributed by atoms with E-state index in [1.54, 1.807) is 11.4 Å². The van der Waals surface area contributed by atoms with E-state index in [1.807, 2.05) is 0 Å². The van der Waals surface area contributed by atoms with Crippen molar-refractivity contribution in [3.63, 3.8) is 0 Å². The van der Waals surface area contributed by atoms with Crippen LogP contribution in [0.2, 0.25) is 0 Å².